The number of carbonyl (C=O) groups excluding carboxylic acids is 1. The Labute approximate surface area is 124 Å². The van der Waals surface area contributed by atoms with E-state index in [0.717, 1.165) is 24.4 Å². The lowest BCUT2D eigenvalue weighted by Crippen LogP contribution is -3.18. The Morgan fingerprint density at radius 2 is 1.65 bits per heavy atom. The van der Waals surface area contributed by atoms with Gasteiger partial charge in [-0.2, -0.15) is 0 Å². The zero-order valence-electron chi connectivity index (χ0n) is 13.2. The molecule has 3 aliphatic rings. The van der Waals surface area contributed by atoms with E-state index in [-0.39, 0.29) is 0 Å². The molecule has 0 aromatic rings. The molecule has 2 saturated carbocycles. The first-order valence-corrected chi connectivity index (χ1v) is 9.11. The average molecular weight is 278 g/mol. The van der Waals surface area contributed by atoms with Gasteiger partial charge in [0, 0.05) is 11.8 Å². The van der Waals surface area contributed by atoms with Crippen LogP contribution in [0.2, 0.25) is 0 Å². The molecule has 0 spiro atoms. The van der Waals surface area contributed by atoms with Crippen LogP contribution in [0.4, 0.5) is 0 Å². The molecule has 3 atom stereocenters. The van der Waals surface area contributed by atoms with E-state index < -0.39 is 0 Å². The van der Waals surface area contributed by atoms with Crippen LogP contribution in [0, 0.1) is 17.8 Å². The molecule has 0 bridgehead atoms. The number of carbonyl (C=O) groups is 1. The first-order chi connectivity index (χ1) is 9.74. The number of piperidine rings is 1. The summed E-state index contributed by atoms with van der Waals surface area (Å²) in [6.07, 6.45) is 13.3. The number of nitrogens with one attached hydrogen (secondary N) is 1. The maximum atomic E-state index is 12.6. The molecule has 2 heteroatoms. The Morgan fingerprint density at radius 1 is 0.950 bits per heavy atom. The van der Waals surface area contributed by atoms with Gasteiger partial charge < -0.3 is 4.90 Å². The van der Waals surface area contributed by atoms with Crippen LogP contribution in [0.15, 0.2) is 0 Å². The fourth-order valence-electron chi connectivity index (χ4n) is 5.04. The molecule has 1 aliphatic heterocycles. The zero-order valence-corrected chi connectivity index (χ0v) is 13.2. The van der Waals surface area contributed by atoms with E-state index in [1.165, 1.54) is 70.8 Å². The molecular weight excluding hydrogens is 246 g/mol. The van der Waals surface area contributed by atoms with Crippen molar-refractivity contribution in [1.82, 2.24) is 0 Å². The Hall–Kier alpha value is -0.370. The monoisotopic (exact) mass is 278 g/mol. The molecule has 1 saturated heterocycles. The van der Waals surface area contributed by atoms with Crippen LogP contribution in [0.5, 0.6) is 0 Å². The molecule has 0 radical (unpaired) electrons. The molecule has 1 N–H and O–H groups in total. The van der Waals surface area contributed by atoms with Crippen molar-refractivity contribution in [3.8, 4) is 0 Å². The molecule has 3 fully saturated rings. The second kappa shape index (κ2) is 6.60. The van der Waals surface area contributed by atoms with E-state index in [2.05, 4.69) is 6.92 Å². The van der Waals surface area contributed by atoms with Gasteiger partial charge in [0.15, 0.2) is 5.78 Å². The average Bonchev–Trinajstić information content (AvgIpc) is 2.48. The summed E-state index contributed by atoms with van der Waals surface area (Å²) >= 11 is 0. The minimum Gasteiger partial charge on any atom is -0.326 e. The Kier molecular flexibility index (Phi) is 4.80. The predicted octanol–water partition coefficient (Wildman–Crippen LogP) is 2.62. The van der Waals surface area contributed by atoms with E-state index in [0.29, 0.717) is 11.7 Å². The smallest absolute Gasteiger partial charge is 0.189 e. The van der Waals surface area contributed by atoms with Gasteiger partial charge >= 0.3 is 0 Å². The summed E-state index contributed by atoms with van der Waals surface area (Å²) in [4.78, 5) is 14.3. The standard InChI is InChI=1S/C18H31NO/c1-14-8-10-16(11-9-14)18(20)13-19-12-4-6-15-5-2-3-7-17(15)19/h14-17H,2-13H2,1H3/p+1. The molecule has 0 aromatic heterocycles. The van der Waals surface area contributed by atoms with Gasteiger partial charge in [-0.25, -0.2) is 0 Å². The molecule has 1 heterocycles. The van der Waals surface area contributed by atoms with E-state index >= 15 is 0 Å². The van der Waals surface area contributed by atoms with Crippen molar-refractivity contribution in [2.24, 2.45) is 17.8 Å². The second-order valence-electron chi connectivity index (χ2n) is 7.80. The molecule has 114 valence electrons. The maximum Gasteiger partial charge on any atom is 0.189 e. The van der Waals surface area contributed by atoms with Crippen molar-refractivity contribution < 1.29 is 9.69 Å². The highest BCUT2D eigenvalue weighted by atomic mass is 16.1. The number of quaternary nitrogens is 1. The van der Waals surface area contributed by atoms with Crippen LogP contribution < -0.4 is 4.90 Å². The van der Waals surface area contributed by atoms with E-state index in [1.54, 1.807) is 4.90 Å². The minimum atomic E-state index is 0.405. The Bertz CT molecular complexity index is 330. The third-order valence-corrected chi connectivity index (χ3v) is 6.38. The lowest BCUT2D eigenvalue weighted by molar-refractivity contribution is -0.928. The summed E-state index contributed by atoms with van der Waals surface area (Å²) in [5.41, 5.74) is 0. The summed E-state index contributed by atoms with van der Waals surface area (Å²) < 4.78 is 0. The molecule has 3 unspecified atom stereocenters. The summed E-state index contributed by atoms with van der Waals surface area (Å²) in [5, 5.41) is 0. The van der Waals surface area contributed by atoms with E-state index in [9.17, 15) is 4.79 Å². The number of hydrogen-bond donors (Lipinski definition) is 1. The number of likely N-dealkylation sites (tertiary alicyclic amines) is 1. The van der Waals surface area contributed by atoms with Gasteiger partial charge in [-0.15, -0.1) is 0 Å². The molecule has 2 aliphatic carbocycles. The van der Waals surface area contributed by atoms with E-state index in [1.807, 2.05) is 0 Å². The van der Waals surface area contributed by atoms with Crippen LogP contribution in [-0.4, -0.2) is 24.9 Å². The van der Waals surface area contributed by atoms with Gasteiger partial charge in [0.05, 0.1) is 12.6 Å². The quantitative estimate of drug-likeness (QED) is 0.842. The van der Waals surface area contributed by atoms with Crippen molar-refractivity contribution in [3.05, 3.63) is 0 Å². The first-order valence-electron chi connectivity index (χ1n) is 9.11. The number of hydrogen-bond acceptors (Lipinski definition) is 1. The fourth-order valence-corrected chi connectivity index (χ4v) is 5.04. The predicted molar refractivity (Wildman–Crippen MR) is 81.8 cm³/mol. The van der Waals surface area contributed by atoms with Crippen molar-refractivity contribution >= 4 is 5.78 Å². The van der Waals surface area contributed by atoms with E-state index in [4.69, 9.17) is 0 Å². The minimum absolute atomic E-state index is 0.405. The molecule has 20 heavy (non-hydrogen) atoms. The lowest BCUT2D eigenvalue weighted by Gasteiger charge is -2.41. The third-order valence-electron chi connectivity index (χ3n) is 6.38. The van der Waals surface area contributed by atoms with Gasteiger partial charge in [0.1, 0.15) is 6.54 Å². The highest BCUT2D eigenvalue weighted by Crippen LogP contribution is 2.30. The van der Waals surface area contributed by atoms with Crippen LogP contribution in [0.1, 0.15) is 71.1 Å². The number of Topliss-reactive ketones (excluding diaryl/α,β-unsaturated/α-hetero) is 1. The second-order valence-corrected chi connectivity index (χ2v) is 7.80. The van der Waals surface area contributed by atoms with Gasteiger partial charge in [0.2, 0.25) is 0 Å². The Balaban J connectivity index is 1.54. The third kappa shape index (κ3) is 3.27. The SMILES string of the molecule is CC1CCC(C(=O)C[NH+]2CCCC3CCCCC32)CC1. The summed E-state index contributed by atoms with van der Waals surface area (Å²) in [6.45, 7) is 4.44. The highest BCUT2D eigenvalue weighted by molar-refractivity contribution is 5.82. The first kappa shape index (κ1) is 14.6. The lowest BCUT2D eigenvalue weighted by atomic mass is 9.77. The van der Waals surface area contributed by atoms with Gasteiger partial charge in [-0.3, -0.25) is 4.79 Å². The van der Waals surface area contributed by atoms with Crippen LogP contribution in [0.3, 0.4) is 0 Å². The van der Waals surface area contributed by atoms with Crippen molar-refractivity contribution in [3.63, 3.8) is 0 Å². The van der Waals surface area contributed by atoms with Crippen molar-refractivity contribution in [2.75, 3.05) is 13.1 Å². The van der Waals surface area contributed by atoms with Crippen LogP contribution >= 0.6 is 0 Å². The highest BCUT2D eigenvalue weighted by Gasteiger charge is 2.38. The fraction of sp³-hybridized carbons (Fsp3) is 0.944. The summed E-state index contributed by atoms with van der Waals surface area (Å²) in [5.74, 6) is 2.79. The molecule has 0 aromatic carbocycles. The molecule has 0 amide bonds. The Morgan fingerprint density at radius 3 is 2.45 bits per heavy atom. The molecule has 2 nitrogen and oxygen atoms in total. The number of fused-ring (bicyclic) bond motifs is 1. The largest absolute Gasteiger partial charge is 0.326 e. The number of rotatable bonds is 3. The summed E-state index contributed by atoms with van der Waals surface area (Å²) in [6, 6.07) is 0.823. The topological polar surface area (TPSA) is 21.5 Å². The summed E-state index contributed by atoms with van der Waals surface area (Å²) in [7, 11) is 0. The maximum absolute atomic E-state index is 12.6. The van der Waals surface area contributed by atoms with Crippen molar-refractivity contribution in [2.45, 2.75) is 77.2 Å². The van der Waals surface area contributed by atoms with Crippen LogP contribution in [0.25, 0.3) is 0 Å². The molecule has 3 rings (SSSR count). The van der Waals surface area contributed by atoms with Crippen molar-refractivity contribution in [1.29, 1.82) is 0 Å². The zero-order chi connectivity index (χ0) is 13.9. The molecular formula is C18H32NO+. The van der Waals surface area contributed by atoms with Gasteiger partial charge in [-0.05, 0) is 50.9 Å². The van der Waals surface area contributed by atoms with Gasteiger partial charge in [0.25, 0.3) is 0 Å². The normalized spacial score (nSPS) is 42.0. The van der Waals surface area contributed by atoms with Gasteiger partial charge in [-0.1, -0.05) is 26.2 Å². The number of ketones is 1. The van der Waals surface area contributed by atoms with Crippen LogP contribution in [-0.2, 0) is 4.79 Å².